The van der Waals surface area contributed by atoms with E-state index in [-0.39, 0.29) is 0 Å². The van der Waals surface area contributed by atoms with Crippen molar-refractivity contribution in [3.05, 3.63) is 29.1 Å². The smallest absolute Gasteiger partial charge is 0.0441 e. The predicted octanol–water partition coefficient (Wildman–Crippen LogP) is 2.12. The molecule has 1 aromatic rings. The van der Waals surface area contributed by atoms with Gasteiger partial charge in [0.1, 0.15) is 0 Å². The molecule has 0 fully saturated rings. The van der Waals surface area contributed by atoms with Crippen molar-refractivity contribution in [2.45, 2.75) is 26.7 Å². The molecule has 0 aromatic carbocycles. The molecule has 0 bridgehead atoms. The molecule has 1 aliphatic rings. The Kier molecular flexibility index (Phi) is 1.45. The van der Waals surface area contributed by atoms with Crippen LogP contribution < -0.4 is 0 Å². The third-order valence-electron chi connectivity index (χ3n) is 2.32. The Morgan fingerprint density at radius 3 is 3.00 bits per heavy atom. The lowest BCUT2D eigenvalue weighted by molar-refractivity contribution is 0.623. The summed E-state index contributed by atoms with van der Waals surface area (Å²) >= 11 is 0. The van der Waals surface area contributed by atoms with E-state index in [1.54, 1.807) is 0 Å². The monoisotopic (exact) mass is 147 g/mol. The van der Waals surface area contributed by atoms with Crippen LogP contribution in [0.1, 0.15) is 23.9 Å². The highest BCUT2D eigenvalue weighted by Gasteiger charge is 2.18. The normalized spacial score (nSPS) is 21.8. The van der Waals surface area contributed by atoms with E-state index in [0.29, 0.717) is 0 Å². The maximum atomic E-state index is 4.50. The largest absolute Gasteiger partial charge is 0.258 e. The second kappa shape index (κ2) is 2.33. The van der Waals surface area contributed by atoms with Crippen LogP contribution in [0.15, 0.2) is 12.1 Å². The Balaban J connectivity index is 2.43. The standard InChI is InChI=1S/C10H13N/c1-7-5-9-4-3-8(2)11-10(9)6-7/h3-4,7H,5-6H2,1-2H3. The molecule has 0 saturated heterocycles. The number of aryl methyl sites for hydroxylation is 1. The van der Waals surface area contributed by atoms with E-state index in [1.807, 2.05) is 0 Å². The van der Waals surface area contributed by atoms with Crippen LogP contribution in [0.5, 0.6) is 0 Å². The van der Waals surface area contributed by atoms with Crippen LogP contribution >= 0.6 is 0 Å². The van der Waals surface area contributed by atoms with Gasteiger partial charge in [-0.1, -0.05) is 13.0 Å². The molecular formula is C10H13N. The minimum atomic E-state index is 0.805. The number of hydrogen-bond acceptors (Lipinski definition) is 1. The number of rotatable bonds is 0. The minimum absolute atomic E-state index is 0.805. The Bertz CT molecular complexity index is 278. The van der Waals surface area contributed by atoms with Crippen LogP contribution in [-0.4, -0.2) is 4.98 Å². The topological polar surface area (TPSA) is 12.9 Å². The van der Waals surface area contributed by atoms with Gasteiger partial charge in [0.05, 0.1) is 0 Å². The Labute approximate surface area is 67.5 Å². The van der Waals surface area contributed by atoms with Crippen LogP contribution in [0, 0.1) is 12.8 Å². The summed E-state index contributed by atoms with van der Waals surface area (Å²) in [4.78, 5) is 4.50. The molecule has 0 radical (unpaired) electrons. The molecule has 0 aliphatic heterocycles. The van der Waals surface area contributed by atoms with Crippen molar-refractivity contribution in [3.8, 4) is 0 Å². The van der Waals surface area contributed by atoms with Gasteiger partial charge in [0.2, 0.25) is 0 Å². The lowest BCUT2D eigenvalue weighted by atomic mass is 10.1. The van der Waals surface area contributed by atoms with Gasteiger partial charge in [-0.05, 0) is 37.3 Å². The van der Waals surface area contributed by atoms with Crippen molar-refractivity contribution in [3.63, 3.8) is 0 Å². The van der Waals surface area contributed by atoms with E-state index in [4.69, 9.17) is 0 Å². The van der Waals surface area contributed by atoms with E-state index >= 15 is 0 Å². The fraction of sp³-hybridized carbons (Fsp3) is 0.500. The number of fused-ring (bicyclic) bond motifs is 1. The second-order valence-electron chi connectivity index (χ2n) is 3.57. The van der Waals surface area contributed by atoms with Gasteiger partial charge < -0.3 is 0 Å². The van der Waals surface area contributed by atoms with E-state index in [0.717, 1.165) is 11.6 Å². The summed E-state index contributed by atoms with van der Waals surface area (Å²) in [7, 11) is 0. The van der Waals surface area contributed by atoms with Gasteiger partial charge in [-0.3, -0.25) is 4.98 Å². The van der Waals surface area contributed by atoms with Gasteiger partial charge in [-0.25, -0.2) is 0 Å². The third-order valence-corrected chi connectivity index (χ3v) is 2.32. The fourth-order valence-corrected chi connectivity index (χ4v) is 1.78. The first-order valence-corrected chi connectivity index (χ1v) is 4.21. The summed E-state index contributed by atoms with van der Waals surface area (Å²) in [5, 5.41) is 0. The first-order valence-electron chi connectivity index (χ1n) is 4.21. The molecule has 0 amide bonds. The number of nitrogens with zero attached hydrogens (tertiary/aromatic N) is 1. The zero-order valence-corrected chi connectivity index (χ0v) is 7.09. The first-order chi connectivity index (χ1) is 5.25. The van der Waals surface area contributed by atoms with Crippen LogP contribution in [0.2, 0.25) is 0 Å². The molecule has 2 rings (SSSR count). The van der Waals surface area contributed by atoms with E-state index < -0.39 is 0 Å². The SMILES string of the molecule is Cc1ccc2c(n1)CC(C)C2. The Hall–Kier alpha value is -0.850. The maximum absolute atomic E-state index is 4.50. The Morgan fingerprint density at radius 2 is 2.18 bits per heavy atom. The molecule has 1 heteroatoms. The van der Waals surface area contributed by atoms with Crippen LogP contribution in [0.3, 0.4) is 0 Å². The summed E-state index contributed by atoms with van der Waals surface area (Å²) in [6.07, 6.45) is 2.40. The van der Waals surface area contributed by atoms with Crippen LogP contribution in [-0.2, 0) is 12.8 Å². The van der Waals surface area contributed by atoms with Crippen LogP contribution in [0.25, 0.3) is 0 Å². The lowest BCUT2D eigenvalue weighted by Crippen LogP contribution is -1.91. The van der Waals surface area contributed by atoms with Gasteiger partial charge in [0.25, 0.3) is 0 Å². The van der Waals surface area contributed by atoms with Crippen molar-refractivity contribution in [2.24, 2.45) is 5.92 Å². The molecular weight excluding hydrogens is 134 g/mol. The van der Waals surface area contributed by atoms with E-state index in [9.17, 15) is 0 Å². The zero-order valence-electron chi connectivity index (χ0n) is 7.09. The highest BCUT2D eigenvalue weighted by molar-refractivity contribution is 5.27. The van der Waals surface area contributed by atoms with Gasteiger partial charge in [-0.15, -0.1) is 0 Å². The van der Waals surface area contributed by atoms with Crippen molar-refractivity contribution in [1.29, 1.82) is 0 Å². The molecule has 1 aliphatic carbocycles. The third kappa shape index (κ3) is 1.15. The molecule has 11 heavy (non-hydrogen) atoms. The first kappa shape index (κ1) is 6.84. The van der Waals surface area contributed by atoms with Gasteiger partial charge in [-0.2, -0.15) is 0 Å². The van der Waals surface area contributed by atoms with E-state index in [2.05, 4.69) is 31.0 Å². The molecule has 1 aromatic heterocycles. The lowest BCUT2D eigenvalue weighted by Gasteiger charge is -1.97. The maximum Gasteiger partial charge on any atom is 0.0441 e. The van der Waals surface area contributed by atoms with Crippen molar-refractivity contribution in [1.82, 2.24) is 4.98 Å². The summed E-state index contributed by atoms with van der Waals surface area (Å²) < 4.78 is 0. The molecule has 1 atom stereocenters. The van der Waals surface area contributed by atoms with Gasteiger partial charge in [0, 0.05) is 11.4 Å². The molecule has 1 nitrogen and oxygen atoms in total. The summed E-state index contributed by atoms with van der Waals surface area (Å²) in [5.74, 6) is 0.805. The molecule has 0 N–H and O–H groups in total. The Morgan fingerprint density at radius 1 is 1.36 bits per heavy atom. The van der Waals surface area contributed by atoms with Crippen molar-refractivity contribution in [2.75, 3.05) is 0 Å². The second-order valence-corrected chi connectivity index (χ2v) is 3.57. The molecule has 0 saturated carbocycles. The molecule has 0 spiro atoms. The van der Waals surface area contributed by atoms with Gasteiger partial charge >= 0.3 is 0 Å². The highest BCUT2D eigenvalue weighted by atomic mass is 14.7. The van der Waals surface area contributed by atoms with Crippen molar-refractivity contribution < 1.29 is 0 Å². The van der Waals surface area contributed by atoms with Crippen molar-refractivity contribution >= 4 is 0 Å². The number of hydrogen-bond donors (Lipinski definition) is 0. The fourth-order valence-electron chi connectivity index (χ4n) is 1.78. The number of pyridine rings is 1. The average molecular weight is 147 g/mol. The van der Waals surface area contributed by atoms with Gasteiger partial charge in [0.15, 0.2) is 0 Å². The quantitative estimate of drug-likeness (QED) is 0.547. The highest BCUT2D eigenvalue weighted by Crippen LogP contribution is 2.24. The average Bonchev–Trinajstić information content (AvgIpc) is 2.27. The summed E-state index contributed by atoms with van der Waals surface area (Å²) in [6.45, 7) is 4.35. The molecule has 1 unspecified atom stereocenters. The zero-order chi connectivity index (χ0) is 7.84. The molecule has 1 heterocycles. The van der Waals surface area contributed by atoms with E-state index in [1.165, 1.54) is 24.1 Å². The minimum Gasteiger partial charge on any atom is -0.258 e. The van der Waals surface area contributed by atoms with Crippen LogP contribution in [0.4, 0.5) is 0 Å². The predicted molar refractivity (Wildman–Crippen MR) is 45.5 cm³/mol. The summed E-state index contributed by atoms with van der Waals surface area (Å²) in [5.41, 5.74) is 3.94. The number of aromatic nitrogens is 1. The summed E-state index contributed by atoms with van der Waals surface area (Å²) in [6, 6.07) is 4.33. The molecule has 58 valence electrons.